The van der Waals surface area contributed by atoms with Crippen molar-refractivity contribution in [3.05, 3.63) is 42.4 Å². The number of pyridine rings is 1. The Hall–Kier alpha value is -2.57. The molecule has 21 heavy (non-hydrogen) atoms. The van der Waals surface area contributed by atoms with E-state index >= 15 is 0 Å². The summed E-state index contributed by atoms with van der Waals surface area (Å²) < 4.78 is 7.18. The van der Waals surface area contributed by atoms with E-state index in [1.807, 2.05) is 12.1 Å². The molecule has 3 aromatic heterocycles. The first kappa shape index (κ1) is 13.4. The molecule has 0 fully saturated rings. The van der Waals surface area contributed by atoms with Gasteiger partial charge in [0, 0.05) is 23.4 Å². The van der Waals surface area contributed by atoms with E-state index in [9.17, 15) is 0 Å². The van der Waals surface area contributed by atoms with Crippen LogP contribution >= 0.6 is 0 Å². The average molecular weight is 284 g/mol. The van der Waals surface area contributed by atoms with E-state index in [0.717, 1.165) is 11.3 Å². The standard InChI is InChI=1S/C14H16N6O/c1-14(2,3)11-9-21-12(16-11)8-20-13(17-18-19-20)10-4-6-15-7-5-10/h4-7,9H,8H2,1-3H3. The van der Waals surface area contributed by atoms with Crippen LogP contribution < -0.4 is 0 Å². The number of nitrogens with zero attached hydrogens (tertiary/aromatic N) is 6. The SMILES string of the molecule is CC(C)(C)c1coc(Cn2nnnc2-c2ccncc2)n1. The second kappa shape index (κ2) is 5.08. The molecule has 0 atom stereocenters. The minimum Gasteiger partial charge on any atom is -0.447 e. The van der Waals surface area contributed by atoms with Crippen LogP contribution in [0.25, 0.3) is 11.4 Å². The summed E-state index contributed by atoms with van der Waals surface area (Å²) >= 11 is 0. The fourth-order valence-electron chi connectivity index (χ4n) is 1.87. The van der Waals surface area contributed by atoms with Gasteiger partial charge in [-0.15, -0.1) is 5.10 Å². The number of hydrogen-bond donors (Lipinski definition) is 0. The smallest absolute Gasteiger partial charge is 0.216 e. The maximum absolute atomic E-state index is 5.52. The van der Waals surface area contributed by atoms with Gasteiger partial charge >= 0.3 is 0 Å². The molecule has 0 aliphatic carbocycles. The van der Waals surface area contributed by atoms with Crippen molar-refractivity contribution in [2.45, 2.75) is 32.7 Å². The van der Waals surface area contributed by atoms with E-state index in [1.165, 1.54) is 0 Å². The Kier molecular flexibility index (Phi) is 3.25. The van der Waals surface area contributed by atoms with Gasteiger partial charge in [0.25, 0.3) is 0 Å². The van der Waals surface area contributed by atoms with Crippen molar-refractivity contribution in [3.63, 3.8) is 0 Å². The molecule has 0 saturated heterocycles. The molecule has 0 amide bonds. The van der Waals surface area contributed by atoms with Gasteiger partial charge in [0.05, 0.1) is 5.69 Å². The minimum atomic E-state index is -0.0453. The van der Waals surface area contributed by atoms with Crippen LogP contribution in [0.4, 0.5) is 0 Å². The minimum absolute atomic E-state index is 0.0453. The van der Waals surface area contributed by atoms with Crippen LogP contribution in [0.5, 0.6) is 0 Å². The van der Waals surface area contributed by atoms with Crippen LogP contribution in [0.15, 0.2) is 35.2 Å². The van der Waals surface area contributed by atoms with E-state index < -0.39 is 0 Å². The monoisotopic (exact) mass is 284 g/mol. The predicted octanol–water partition coefficient (Wildman–Crippen LogP) is 2.07. The normalized spacial score (nSPS) is 11.8. The zero-order chi connectivity index (χ0) is 14.9. The fraction of sp³-hybridized carbons (Fsp3) is 0.357. The van der Waals surface area contributed by atoms with Crippen molar-refractivity contribution in [3.8, 4) is 11.4 Å². The first-order chi connectivity index (χ1) is 10.0. The molecule has 0 unspecified atom stereocenters. The van der Waals surface area contributed by atoms with Crippen molar-refractivity contribution in [2.75, 3.05) is 0 Å². The molecular weight excluding hydrogens is 268 g/mol. The summed E-state index contributed by atoms with van der Waals surface area (Å²) in [6.07, 6.45) is 5.10. The molecule has 0 spiro atoms. The van der Waals surface area contributed by atoms with Crippen LogP contribution in [-0.2, 0) is 12.0 Å². The van der Waals surface area contributed by atoms with Crippen molar-refractivity contribution in [1.29, 1.82) is 0 Å². The number of hydrogen-bond acceptors (Lipinski definition) is 6. The second-order valence-electron chi connectivity index (χ2n) is 5.77. The van der Waals surface area contributed by atoms with E-state index in [0.29, 0.717) is 18.3 Å². The van der Waals surface area contributed by atoms with Crippen LogP contribution in [0, 0.1) is 0 Å². The molecule has 0 bridgehead atoms. The summed E-state index contributed by atoms with van der Waals surface area (Å²) in [5, 5.41) is 11.8. The molecule has 0 saturated carbocycles. The topological polar surface area (TPSA) is 82.5 Å². The molecule has 0 aromatic carbocycles. The van der Waals surface area contributed by atoms with Gasteiger partial charge < -0.3 is 4.42 Å². The lowest BCUT2D eigenvalue weighted by molar-refractivity contribution is 0.461. The predicted molar refractivity (Wildman–Crippen MR) is 75.4 cm³/mol. The molecule has 108 valence electrons. The highest BCUT2D eigenvalue weighted by Gasteiger charge is 2.19. The third kappa shape index (κ3) is 2.81. The highest BCUT2D eigenvalue weighted by atomic mass is 16.3. The quantitative estimate of drug-likeness (QED) is 0.732. The summed E-state index contributed by atoms with van der Waals surface area (Å²) in [7, 11) is 0. The van der Waals surface area contributed by atoms with E-state index in [-0.39, 0.29) is 5.41 Å². The van der Waals surface area contributed by atoms with Gasteiger partial charge in [-0.1, -0.05) is 20.8 Å². The lowest BCUT2D eigenvalue weighted by Gasteiger charge is -2.12. The Morgan fingerprint density at radius 1 is 1.19 bits per heavy atom. The summed E-state index contributed by atoms with van der Waals surface area (Å²) in [6, 6.07) is 3.72. The van der Waals surface area contributed by atoms with Gasteiger partial charge in [0.1, 0.15) is 12.8 Å². The Bertz CT molecular complexity index is 725. The fourth-order valence-corrected chi connectivity index (χ4v) is 1.87. The number of aromatic nitrogens is 6. The molecule has 0 aliphatic heterocycles. The largest absolute Gasteiger partial charge is 0.447 e. The lowest BCUT2D eigenvalue weighted by atomic mass is 9.93. The van der Waals surface area contributed by atoms with Crippen LogP contribution in [0.3, 0.4) is 0 Å². The Balaban J connectivity index is 1.87. The molecule has 0 radical (unpaired) electrons. The first-order valence-electron chi connectivity index (χ1n) is 6.65. The number of oxazole rings is 1. The maximum Gasteiger partial charge on any atom is 0.216 e. The van der Waals surface area contributed by atoms with E-state index in [1.54, 1.807) is 23.3 Å². The van der Waals surface area contributed by atoms with E-state index in [2.05, 4.69) is 46.3 Å². The van der Waals surface area contributed by atoms with Crippen LogP contribution in [-0.4, -0.2) is 30.2 Å². The third-order valence-electron chi connectivity index (χ3n) is 3.08. The summed E-state index contributed by atoms with van der Waals surface area (Å²) in [6.45, 7) is 6.66. The van der Waals surface area contributed by atoms with Crippen LogP contribution in [0.2, 0.25) is 0 Å². The van der Waals surface area contributed by atoms with Gasteiger partial charge in [0.15, 0.2) is 5.82 Å². The van der Waals surface area contributed by atoms with Crippen molar-refractivity contribution in [1.82, 2.24) is 30.2 Å². The van der Waals surface area contributed by atoms with Crippen molar-refractivity contribution in [2.24, 2.45) is 0 Å². The van der Waals surface area contributed by atoms with Crippen LogP contribution in [0.1, 0.15) is 32.4 Å². The first-order valence-corrected chi connectivity index (χ1v) is 6.65. The van der Waals surface area contributed by atoms with Gasteiger partial charge in [-0.3, -0.25) is 4.98 Å². The summed E-state index contributed by atoms with van der Waals surface area (Å²) in [5.74, 6) is 1.25. The van der Waals surface area contributed by atoms with Gasteiger partial charge in [-0.05, 0) is 22.6 Å². The maximum atomic E-state index is 5.52. The third-order valence-corrected chi connectivity index (χ3v) is 3.08. The summed E-state index contributed by atoms with van der Waals surface area (Å²) in [5.41, 5.74) is 1.77. The Morgan fingerprint density at radius 2 is 1.95 bits per heavy atom. The zero-order valence-corrected chi connectivity index (χ0v) is 12.2. The van der Waals surface area contributed by atoms with Gasteiger partial charge in [-0.25, -0.2) is 9.67 Å². The van der Waals surface area contributed by atoms with Gasteiger partial charge in [-0.2, -0.15) is 0 Å². The molecule has 7 nitrogen and oxygen atoms in total. The molecular formula is C14H16N6O. The van der Waals surface area contributed by atoms with E-state index in [4.69, 9.17) is 4.42 Å². The van der Waals surface area contributed by atoms with Crippen molar-refractivity contribution >= 4 is 0 Å². The second-order valence-corrected chi connectivity index (χ2v) is 5.77. The molecule has 0 N–H and O–H groups in total. The van der Waals surface area contributed by atoms with Crippen molar-refractivity contribution < 1.29 is 4.42 Å². The highest BCUT2D eigenvalue weighted by molar-refractivity contribution is 5.53. The molecule has 3 rings (SSSR count). The Morgan fingerprint density at radius 3 is 2.62 bits per heavy atom. The zero-order valence-electron chi connectivity index (χ0n) is 12.2. The summed E-state index contributed by atoms with van der Waals surface area (Å²) in [4.78, 5) is 8.49. The molecule has 0 aliphatic rings. The Labute approximate surface area is 122 Å². The highest BCUT2D eigenvalue weighted by Crippen LogP contribution is 2.22. The van der Waals surface area contributed by atoms with Gasteiger partial charge in [0.2, 0.25) is 5.89 Å². The molecule has 7 heteroatoms. The average Bonchev–Trinajstić information content (AvgIpc) is 3.09. The molecule has 3 heterocycles. The number of rotatable bonds is 3. The number of tetrazole rings is 1. The lowest BCUT2D eigenvalue weighted by Crippen LogP contribution is -2.12. The molecule has 3 aromatic rings.